The zero-order chi connectivity index (χ0) is 31.5. The molecule has 2 atom stereocenters. The predicted octanol–water partition coefficient (Wildman–Crippen LogP) is 3.49. The van der Waals surface area contributed by atoms with Crippen LogP contribution in [0, 0.1) is 17.5 Å². The van der Waals surface area contributed by atoms with Crippen molar-refractivity contribution in [3.05, 3.63) is 99.7 Å². The molecule has 4 aromatic rings. The van der Waals surface area contributed by atoms with Gasteiger partial charge in [0.25, 0.3) is 5.56 Å². The number of fused-ring (bicyclic) bond motifs is 1. The summed E-state index contributed by atoms with van der Waals surface area (Å²) in [6.45, 7) is 1.86. The van der Waals surface area contributed by atoms with E-state index in [1.54, 1.807) is 24.3 Å². The lowest BCUT2D eigenvalue weighted by Crippen LogP contribution is -2.48. The lowest BCUT2D eigenvalue weighted by Gasteiger charge is -2.21. The molecule has 11 nitrogen and oxygen atoms in total. The van der Waals surface area contributed by atoms with Crippen LogP contribution in [0.15, 0.2) is 65.6 Å². The van der Waals surface area contributed by atoms with Crippen LogP contribution in [0.4, 0.5) is 23.8 Å². The molecule has 0 aliphatic carbocycles. The van der Waals surface area contributed by atoms with Crippen LogP contribution in [0.1, 0.15) is 29.3 Å². The lowest BCUT2D eigenvalue weighted by atomic mass is 10.0. The van der Waals surface area contributed by atoms with Crippen molar-refractivity contribution < 1.29 is 37.4 Å². The standard InChI is InChI=1S/C30H26F3N5O6/c1-16(34-30(43)44-15-17-5-3-2-4-6-17)27(39)35-19-9-10-37(13-19)26-24(33)14-38-25(36-26)21(12-22(28(38)40)29(41)42)20-8-7-18(31)11-23(20)32/h2-8,11-12,14,16,19H,9-10,13,15H2,1H3,(H,34,43)(H,35,39)(H,41,42)/t16-,19?/m0/s1. The minimum absolute atomic E-state index is 0.0299. The Hall–Kier alpha value is -5.40. The van der Waals surface area contributed by atoms with E-state index < -0.39 is 58.6 Å². The summed E-state index contributed by atoms with van der Waals surface area (Å²) in [7, 11) is 0. The Morgan fingerprint density at radius 3 is 2.52 bits per heavy atom. The second kappa shape index (κ2) is 12.5. The van der Waals surface area contributed by atoms with Crippen molar-refractivity contribution in [3.63, 3.8) is 0 Å². The third kappa shape index (κ3) is 6.33. The van der Waals surface area contributed by atoms with Gasteiger partial charge < -0.3 is 25.4 Å². The van der Waals surface area contributed by atoms with E-state index in [0.717, 1.165) is 30.0 Å². The van der Waals surface area contributed by atoms with Crippen molar-refractivity contribution in [2.24, 2.45) is 0 Å². The highest BCUT2D eigenvalue weighted by atomic mass is 19.1. The van der Waals surface area contributed by atoms with Crippen LogP contribution in [-0.4, -0.2) is 57.6 Å². The monoisotopic (exact) mass is 609 g/mol. The quantitative estimate of drug-likeness (QED) is 0.276. The molecule has 228 valence electrons. The van der Waals surface area contributed by atoms with E-state index in [4.69, 9.17) is 4.74 Å². The number of halogens is 3. The molecule has 0 bridgehead atoms. The van der Waals surface area contributed by atoms with Gasteiger partial charge in [-0.15, -0.1) is 0 Å². The number of aromatic nitrogens is 2. The number of ether oxygens (including phenoxy) is 1. The highest BCUT2D eigenvalue weighted by Crippen LogP contribution is 2.30. The van der Waals surface area contributed by atoms with Crippen LogP contribution in [0.5, 0.6) is 0 Å². The lowest BCUT2D eigenvalue weighted by molar-refractivity contribution is -0.123. The molecule has 14 heteroatoms. The van der Waals surface area contributed by atoms with E-state index >= 15 is 4.39 Å². The number of nitrogens with zero attached hydrogens (tertiary/aromatic N) is 3. The Labute approximate surface area is 247 Å². The minimum Gasteiger partial charge on any atom is -0.477 e. The Morgan fingerprint density at radius 2 is 1.82 bits per heavy atom. The third-order valence-corrected chi connectivity index (χ3v) is 7.10. The first-order chi connectivity index (χ1) is 21.0. The first-order valence-electron chi connectivity index (χ1n) is 13.5. The first kappa shape index (κ1) is 30.1. The van der Waals surface area contributed by atoms with Gasteiger partial charge in [0, 0.05) is 36.3 Å². The largest absolute Gasteiger partial charge is 0.477 e. The maximum atomic E-state index is 15.3. The number of carboxylic acids is 1. The summed E-state index contributed by atoms with van der Waals surface area (Å²) in [5.41, 5.74) is -1.72. The fraction of sp³-hybridized carbons (Fsp3) is 0.233. The van der Waals surface area contributed by atoms with Crippen molar-refractivity contribution in [3.8, 4) is 11.1 Å². The SMILES string of the molecule is C[C@H](NC(=O)OCc1ccccc1)C(=O)NC1CCN(c2nc3c(-c4ccc(F)cc4F)cc(C(=O)O)c(=O)n3cc2F)C1. The molecule has 1 aliphatic heterocycles. The number of benzene rings is 2. The van der Waals surface area contributed by atoms with E-state index in [0.29, 0.717) is 16.9 Å². The Kier molecular flexibility index (Phi) is 8.51. The van der Waals surface area contributed by atoms with Crippen molar-refractivity contribution in [1.82, 2.24) is 20.0 Å². The van der Waals surface area contributed by atoms with E-state index in [-0.39, 0.29) is 42.3 Å². The number of nitrogens with one attached hydrogen (secondary N) is 2. The number of carbonyl (C=O) groups excluding carboxylic acids is 2. The van der Waals surface area contributed by atoms with Gasteiger partial charge in [-0.1, -0.05) is 30.3 Å². The van der Waals surface area contributed by atoms with Gasteiger partial charge in [0.2, 0.25) is 5.91 Å². The molecule has 2 aromatic carbocycles. The molecule has 1 saturated heterocycles. The normalized spacial score (nSPS) is 15.2. The molecule has 3 heterocycles. The Morgan fingerprint density at radius 1 is 1.07 bits per heavy atom. The molecule has 0 saturated carbocycles. The van der Waals surface area contributed by atoms with Gasteiger partial charge in [-0.2, -0.15) is 0 Å². The molecule has 1 fully saturated rings. The molecule has 44 heavy (non-hydrogen) atoms. The highest BCUT2D eigenvalue weighted by Gasteiger charge is 2.30. The van der Waals surface area contributed by atoms with Gasteiger partial charge in [0.1, 0.15) is 35.5 Å². The van der Waals surface area contributed by atoms with Crippen LogP contribution in [0.2, 0.25) is 0 Å². The Bertz CT molecular complexity index is 1820. The number of anilines is 1. The number of alkyl carbamates (subject to hydrolysis) is 1. The summed E-state index contributed by atoms with van der Waals surface area (Å²) >= 11 is 0. The summed E-state index contributed by atoms with van der Waals surface area (Å²) in [6, 6.07) is 11.1. The summed E-state index contributed by atoms with van der Waals surface area (Å²) in [4.78, 5) is 55.2. The number of aromatic carboxylic acids is 1. The van der Waals surface area contributed by atoms with Crippen molar-refractivity contribution >= 4 is 29.4 Å². The van der Waals surface area contributed by atoms with Crippen LogP contribution >= 0.6 is 0 Å². The average molecular weight is 610 g/mol. The molecule has 2 amide bonds. The van der Waals surface area contributed by atoms with Crippen LogP contribution in [0.25, 0.3) is 16.8 Å². The maximum absolute atomic E-state index is 15.3. The number of carbonyl (C=O) groups is 3. The van der Waals surface area contributed by atoms with E-state index in [1.165, 1.54) is 11.8 Å². The summed E-state index contributed by atoms with van der Waals surface area (Å²) in [5, 5.41) is 14.8. The van der Waals surface area contributed by atoms with Crippen molar-refractivity contribution in [1.29, 1.82) is 0 Å². The van der Waals surface area contributed by atoms with Gasteiger partial charge in [-0.05, 0) is 37.1 Å². The first-order valence-corrected chi connectivity index (χ1v) is 13.5. The van der Waals surface area contributed by atoms with Crippen LogP contribution < -0.4 is 21.1 Å². The second-order valence-electron chi connectivity index (χ2n) is 10.2. The molecule has 3 N–H and O–H groups in total. The van der Waals surface area contributed by atoms with Crippen LogP contribution in [-0.2, 0) is 16.1 Å². The maximum Gasteiger partial charge on any atom is 0.408 e. The summed E-state index contributed by atoms with van der Waals surface area (Å²) in [6.07, 6.45) is 0.366. The second-order valence-corrected chi connectivity index (χ2v) is 10.2. The fourth-order valence-corrected chi connectivity index (χ4v) is 4.87. The van der Waals surface area contributed by atoms with Gasteiger partial charge in [-0.25, -0.2) is 27.7 Å². The number of pyridine rings is 1. The smallest absolute Gasteiger partial charge is 0.408 e. The highest BCUT2D eigenvalue weighted by molar-refractivity contribution is 5.92. The van der Waals surface area contributed by atoms with Gasteiger partial charge in [0.15, 0.2) is 11.6 Å². The number of carboxylic acid groups (broad SMARTS) is 1. The van der Waals surface area contributed by atoms with Crippen LogP contribution in [0.3, 0.4) is 0 Å². The summed E-state index contributed by atoms with van der Waals surface area (Å²) in [5.74, 6) is -5.21. The molecule has 2 aromatic heterocycles. The molecule has 1 aliphatic rings. The number of hydrogen-bond donors (Lipinski definition) is 3. The molecular formula is C30H26F3N5O6. The zero-order valence-electron chi connectivity index (χ0n) is 23.2. The molecule has 5 rings (SSSR count). The molecular weight excluding hydrogens is 583 g/mol. The van der Waals surface area contributed by atoms with Gasteiger partial charge in [0.05, 0.1) is 6.20 Å². The minimum atomic E-state index is -1.62. The molecule has 1 unspecified atom stereocenters. The third-order valence-electron chi connectivity index (χ3n) is 7.10. The Balaban J connectivity index is 1.33. The molecule has 0 radical (unpaired) electrons. The number of hydrogen-bond acceptors (Lipinski definition) is 7. The van der Waals surface area contributed by atoms with E-state index in [1.807, 2.05) is 6.07 Å². The van der Waals surface area contributed by atoms with E-state index in [2.05, 4.69) is 15.6 Å². The fourth-order valence-electron chi connectivity index (χ4n) is 4.87. The van der Waals surface area contributed by atoms with Gasteiger partial charge in [-0.3, -0.25) is 14.0 Å². The van der Waals surface area contributed by atoms with Crippen molar-refractivity contribution in [2.75, 3.05) is 18.0 Å². The number of amides is 2. The van der Waals surface area contributed by atoms with Crippen molar-refractivity contribution in [2.45, 2.75) is 32.0 Å². The zero-order valence-corrected chi connectivity index (χ0v) is 23.2. The van der Waals surface area contributed by atoms with E-state index in [9.17, 15) is 33.1 Å². The van der Waals surface area contributed by atoms with Gasteiger partial charge >= 0.3 is 12.1 Å². The number of rotatable bonds is 8. The molecule has 0 spiro atoms. The predicted molar refractivity (Wildman–Crippen MR) is 152 cm³/mol. The topological polar surface area (TPSA) is 142 Å². The summed E-state index contributed by atoms with van der Waals surface area (Å²) < 4.78 is 49.5. The average Bonchev–Trinajstić information content (AvgIpc) is 3.45.